The standard InChI is InChI=1S/C12H27N/c1-5-7-8-12(3)9-11-13(4)10-6-2/h12H,5-11H2,1-4H3. The monoisotopic (exact) mass is 185 g/mol. The van der Waals surface area contributed by atoms with Gasteiger partial charge in [-0.05, 0) is 38.9 Å². The lowest BCUT2D eigenvalue weighted by Crippen LogP contribution is -2.21. The third-order valence-corrected chi connectivity index (χ3v) is 2.66. The maximum atomic E-state index is 2.45. The van der Waals surface area contributed by atoms with Crippen molar-refractivity contribution in [2.75, 3.05) is 20.1 Å². The van der Waals surface area contributed by atoms with E-state index in [9.17, 15) is 0 Å². The minimum Gasteiger partial charge on any atom is -0.306 e. The normalized spacial score (nSPS) is 13.6. The van der Waals surface area contributed by atoms with Crippen molar-refractivity contribution in [1.82, 2.24) is 4.90 Å². The van der Waals surface area contributed by atoms with Gasteiger partial charge in [0.1, 0.15) is 0 Å². The average Bonchev–Trinajstić information content (AvgIpc) is 2.12. The summed E-state index contributed by atoms with van der Waals surface area (Å²) in [5.74, 6) is 0.916. The van der Waals surface area contributed by atoms with Crippen LogP contribution >= 0.6 is 0 Å². The zero-order valence-electron chi connectivity index (χ0n) is 9.97. The Bertz CT molecular complexity index is 101. The second-order valence-electron chi connectivity index (χ2n) is 4.34. The molecule has 0 amide bonds. The Morgan fingerprint density at radius 3 is 2.23 bits per heavy atom. The minimum absolute atomic E-state index is 0.916. The van der Waals surface area contributed by atoms with Crippen LogP contribution in [-0.4, -0.2) is 25.0 Å². The lowest BCUT2D eigenvalue weighted by atomic mass is 10.0. The highest BCUT2D eigenvalue weighted by Crippen LogP contribution is 2.11. The van der Waals surface area contributed by atoms with Crippen molar-refractivity contribution in [2.24, 2.45) is 5.92 Å². The van der Waals surface area contributed by atoms with E-state index in [1.165, 1.54) is 45.2 Å². The lowest BCUT2D eigenvalue weighted by Gasteiger charge is -2.18. The number of unbranched alkanes of at least 4 members (excludes halogenated alkanes) is 1. The summed E-state index contributed by atoms with van der Waals surface area (Å²) in [6.07, 6.45) is 6.81. The Balaban J connectivity index is 3.29. The van der Waals surface area contributed by atoms with E-state index in [0.717, 1.165) is 5.92 Å². The molecule has 1 atom stereocenters. The number of nitrogens with zero attached hydrogens (tertiary/aromatic N) is 1. The molecule has 1 heteroatoms. The topological polar surface area (TPSA) is 3.24 Å². The molecular weight excluding hydrogens is 158 g/mol. The Morgan fingerprint density at radius 2 is 1.69 bits per heavy atom. The first-order valence-electron chi connectivity index (χ1n) is 5.89. The van der Waals surface area contributed by atoms with Crippen LogP contribution in [0.15, 0.2) is 0 Å². The van der Waals surface area contributed by atoms with Crippen molar-refractivity contribution in [1.29, 1.82) is 0 Å². The van der Waals surface area contributed by atoms with Crippen LogP contribution in [-0.2, 0) is 0 Å². The van der Waals surface area contributed by atoms with Gasteiger partial charge in [-0.2, -0.15) is 0 Å². The van der Waals surface area contributed by atoms with Gasteiger partial charge in [-0.25, -0.2) is 0 Å². The summed E-state index contributed by atoms with van der Waals surface area (Å²) in [4.78, 5) is 2.45. The maximum absolute atomic E-state index is 2.45. The molecular formula is C12H27N. The molecule has 0 bridgehead atoms. The Labute approximate surface area is 84.5 Å². The van der Waals surface area contributed by atoms with Crippen LogP contribution < -0.4 is 0 Å². The molecule has 0 heterocycles. The molecule has 0 aliphatic heterocycles. The molecule has 80 valence electrons. The average molecular weight is 185 g/mol. The van der Waals surface area contributed by atoms with Crippen molar-refractivity contribution >= 4 is 0 Å². The summed E-state index contributed by atoms with van der Waals surface area (Å²) in [7, 11) is 2.23. The summed E-state index contributed by atoms with van der Waals surface area (Å²) in [5.41, 5.74) is 0. The van der Waals surface area contributed by atoms with Crippen LogP contribution in [0.1, 0.15) is 52.9 Å². The third-order valence-electron chi connectivity index (χ3n) is 2.66. The maximum Gasteiger partial charge on any atom is -0.00193 e. The summed E-state index contributed by atoms with van der Waals surface area (Å²) in [6, 6.07) is 0. The largest absolute Gasteiger partial charge is 0.306 e. The van der Waals surface area contributed by atoms with Gasteiger partial charge in [0, 0.05) is 0 Å². The molecule has 0 saturated carbocycles. The van der Waals surface area contributed by atoms with Gasteiger partial charge in [-0.1, -0.05) is 40.0 Å². The van der Waals surface area contributed by atoms with E-state index in [4.69, 9.17) is 0 Å². The molecule has 0 spiro atoms. The fraction of sp³-hybridized carbons (Fsp3) is 1.00. The highest BCUT2D eigenvalue weighted by atomic mass is 15.1. The van der Waals surface area contributed by atoms with Gasteiger partial charge < -0.3 is 4.90 Å². The van der Waals surface area contributed by atoms with Gasteiger partial charge in [0.2, 0.25) is 0 Å². The molecule has 0 aromatic heterocycles. The molecule has 0 N–H and O–H groups in total. The van der Waals surface area contributed by atoms with Crippen LogP contribution in [0.25, 0.3) is 0 Å². The Hall–Kier alpha value is -0.0400. The second kappa shape index (κ2) is 8.55. The van der Waals surface area contributed by atoms with E-state index in [0.29, 0.717) is 0 Å². The first-order chi connectivity index (χ1) is 6.20. The molecule has 1 unspecified atom stereocenters. The highest BCUT2D eigenvalue weighted by molar-refractivity contribution is 4.57. The van der Waals surface area contributed by atoms with Gasteiger partial charge in [-0.15, -0.1) is 0 Å². The van der Waals surface area contributed by atoms with E-state index in [1.54, 1.807) is 0 Å². The summed E-state index contributed by atoms with van der Waals surface area (Å²) in [6.45, 7) is 9.43. The lowest BCUT2D eigenvalue weighted by molar-refractivity contribution is 0.299. The number of hydrogen-bond donors (Lipinski definition) is 0. The Morgan fingerprint density at radius 1 is 1.00 bits per heavy atom. The van der Waals surface area contributed by atoms with E-state index in [1.807, 2.05) is 0 Å². The molecule has 0 radical (unpaired) electrons. The van der Waals surface area contributed by atoms with Crippen molar-refractivity contribution in [3.8, 4) is 0 Å². The van der Waals surface area contributed by atoms with Gasteiger partial charge >= 0.3 is 0 Å². The number of rotatable bonds is 8. The molecule has 0 aliphatic rings. The van der Waals surface area contributed by atoms with Crippen molar-refractivity contribution < 1.29 is 0 Å². The first kappa shape index (κ1) is 13.0. The van der Waals surface area contributed by atoms with Gasteiger partial charge in [-0.3, -0.25) is 0 Å². The zero-order valence-corrected chi connectivity index (χ0v) is 9.97. The molecule has 0 aliphatic carbocycles. The van der Waals surface area contributed by atoms with E-state index in [2.05, 4.69) is 32.7 Å². The molecule has 0 aromatic rings. The van der Waals surface area contributed by atoms with Crippen molar-refractivity contribution in [2.45, 2.75) is 52.9 Å². The molecule has 0 fully saturated rings. The minimum atomic E-state index is 0.916. The van der Waals surface area contributed by atoms with Gasteiger partial charge in [0.15, 0.2) is 0 Å². The highest BCUT2D eigenvalue weighted by Gasteiger charge is 2.03. The molecule has 0 aromatic carbocycles. The van der Waals surface area contributed by atoms with Crippen LogP contribution in [0, 0.1) is 5.92 Å². The smallest absolute Gasteiger partial charge is 0.00193 e. The summed E-state index contributed by atoms with van der Waals surface area (Å²) in [5, 5.41) is 0. The van der Waals surface area contributed by atoms with Crippen molar-refractivity contribution in [3.63, 3.8) is 0 Å². The first-order valence-corrected chi connectivity index (χ1v) is 5.89. The Kier molecular flexibility index (Phi) is 8.53. The van der Waals surface area contributed by atoms with Gasteiger partial charge in [0.05, 0.1) is 0 Å². The predicted octanol–water partition coefficient (Wildman–Crippen LogP) is 3.54. The van der Waals surface area contributed by atoms with E-state index < -0.39 is 0 Å². The fourth-order valence-electron chi connectivity index (χ4n) is 1.63. The molecule has 0 rings (SSSR count). The fourth-order valence-corrected chi connectivity index (χ4v) is 1.63. The van der Waals surface area contributed by atoms with Crippen molar-refractivity contribution in [3.05, 3.63) is 0 Å². The third kappa shape index (κ3) is 8.29. The van der Waals surface area contributed by atoms with Crippen LogP contribution in [0.3, 0.4) is 0 Å². The zero-order chi connectivity index (χ0) is 10.1. The second-order valence-corrected chi connectivity index (χ2v) is 4.34. The van der Waals surface area contributed by atoms with Gasteiger partial charge in [0.25, 0.3) is 0 Å². The van der Waals surface area contributed by atoms with E-state index in [-0.39, 0.29) is 0 Å². The number of hydrogen-bond acceptors (Lipinski definition) is 1. The van der Waals surface area contributed by atoms with Crippen LogP contribution in [0.5, 0.6) is 0 Å². The van der Waals surface area contributed by atoms with Crippen LogP contribution in [0.4, 0.5) is 0 Å². The SMILES string of the molecule is CCCCC(C)CCN(C)CCC. The molecule has 13 heavy (non-hydrogen) atoms. The quantitative estimate of drug-likeness (QED) is 0.559. The molecule has 1 nitrogen and oxygen atoms in total. The van der Waals surface area contributed by atoms with E-state index >= 15 is 0 Å². The predicted molar refractivity (Wildman–Crippen MR) is 61.1 cm³/mol. The summed E-state index contributed by atoms with van der Waals surface area (Å²) < 4.78 is 0. The summed E-state index contributed by atoms with van der Waals surface area (Å²) >= 11 is 0. The van der Waals surface area contributed by atoms with Crippen LogP contribution in [0.2, 0.25) is 0 Å². The molecule has 0 saturated heterocycles.